The molecule has 0 bridgehead atoms. The molecule has 0 amide bonds. The quantitative estimate of drug-likeness (QED) is 0.317. The van der Waals surface area contributed by atoms with Crippen LogP contribution in [0.2, 0.25) is 0 Å². The van der Waals surface area contributed by atoms with E-state index in [0.717, 1.165) is 16.6 Å². The van der Waals surface area contributed by atoms with E-state index in [9.17, 15) is 9.59 Å². The predicted molar refractivity (Wildman–Crippen MR) is 107 cm³/mol. The number of hydrogen-bond donors (Lipinski definition) is 1. The molecule has 0 aliphatic carbocycles. The van der Waals surface area contributed by atoms with Crippen LogP contribution in [0, 0.1) is 21.1 Å². The van der Waals surface area contributed by atoms with Crippen molar-refractivity contribution < 1.29 is 70.2 Å². The molecule has 3 aromatic rings. The van der Waals surface area contributed by atoms with Crippen LogP contribution in [0.15, 0.2) is 53.3 Å². The van der Waals surface area contributed by atoms with Crippen molar-refractivity contribution in [2.24, 2.45) is 0 Å². The Bertz CT molecular complexity index is 871. The molecule has 3 rings (SSSR count). The maximum absolute atomic E-state index is 11.0. The van der Waals surface area contributed by atoms with E-state index in [1.54, 1.807) is 12.1 Å². The van der Waals surface area contributed by atoms with Crippen LogP contribution in [0.4, 0.5) is 5.69 Å². The van der Waals surface area contributed by atoms with Crippen LogP contribution in [0.3, 0.4) is 0 Å². The Morgan fingerprint density at radius 3 is 2.07 bits per heavy atom. The molecule has 2 atom stereocenters. The summed E-state index contributed by atoms with van der Waals surface area (Å²) in [5.41, 5.74) is 1.85. The number of aromatic nitrogens is 2. The maximum Gasteiger partial charge on any atom is 0.263 e. The Kier molecular flexibility index (Phi) is 24.4. The number of carbonyl (C=O) groups excluding carboxylic acids is 1. The van der Waals surface area contributed by atoms with Gasteiger partial charge in [-0.2, -0.15) is 6.07 Å². The van der Waals surface area contributed by atoms with Gasteiger partial charge in [0, 0.05) is 65.4 Å². The van der Waals surface area contributed by atoms with E-state index in [0.29, 0.717) is 5.56 Å². The van der Waals surface area contributed by atoms with E-state index >= 15 is 0 Å². The first kappa shape index (κ1) is 36.9. The molecule has 5 nitrogen and oxygen atoms in total. The molecule has 2 radical (unpaired) electrons. The van der Waals surface area contributed by atoms with Gasteiger partial charge in [0.2, 0.25) is 0 Å². The molecule has 28 heavy (non-hydrogen) atoms. The average molecular weight is 1070 g/mol. The fourth-order valence-electron chi connectivity index (χ4n) is 1.74. The number of fused-ring (bicyclic) bond motifs is 1. The number of anilines is 1. The van der Waals surface area contributed by atoms with Crippen molar-refractivity contribution in [3.8, 4) is 0 Å². The Hall–Kier alpha value is -1.88. The smallest absolute Gasteiger partial charge is 0.263 e. The zero-order valence-corrected chi connectivity index (χ0v) is 36.8. The molecule has 0 saturated heterocycles. The molecule has 0 spiro atoms. The van der Waals surface area contributed by atoms with Crippen molar-refractivity contribution >= 4 is 41.7 Å². The van der Waals surface area contributed by atoms with Crippen LogP contribution in [-0.2, 0) is 70.2 Å². The maximum atomic E-state index is 11.0. The van der Waals surface area contributed by atoms with E-state index in [1.807, 2.05) is 42.7 Å². The fraction of sp³-hybridized carbons (Fsp3) is 0. The average Bonchev–Trinajstić information content (AvgIpc) is 2.59. The molecule has 2 unspecified atom stereocenters. The second kappa shape index (κ2) is 18.5. The Labute approximate surface area is 209 Å². The van der Waals surface area contributed by atoms with Crippen LogP contribution in [0.1, 0.15) is 5.56 Å². The van der Waals surface area contributed by atoms with Gasteiger partial charge in [0.15, 0.2) is 0 Å². The normalized spacial score (nSPS) is 7.64. The molecule has 0 saturated carbocycles. The van der Waals surface area contributed by atoms with Crippen molar-refractivity contribution in [1.82, 2.24) is 9.32 Å². The summed E-state index contributed by atoms with van der Waals surface area (Å²) in [6, 6.07) is 14.6. The minimum atomic E-state index is -0.307. The number of para-hydroxylation sites is 2. The SMILES string of the molecule is O=[C-]c1ccccc1NP.O=c1n[c-]c2ccccc2n1P.[CH3-].[CH3-].[Rf].[Rf].[Y].[Y]. The van der Waals surface area contributed by atoms with Crippen molar-refractivity contribution in [2.75, 3.05) is 5.09 Å². The third kappa shape index (κ3) is 9.36. The van der Waals surface area contributed by atoms with Crippen molar-refractivity contribution in [3.63, 3.8) is 0 Å². The number of nitrogens with one attached hydrogen (secondary N) is 1. The van der Waals surface area contributed by atoms with Crippen molar-refractivity contribution in [2.45, 2.75) is 0 Å². The summed E-state index contributed by atoms with van der Waals surface area (Å²) in [4.78, 5) is 24.8. The summed E-state index contributed by atoms with van der Waals surface area (Å²) >= 11 is 0. The van der Waals surface area contributed by atoms with E-state index in [-0.39, 0.29) is 86.0 Å². The predicted octanol–water partition coefficient (Wildman–Crippen LogP) is 3.08. The topological polar surface area (TPSA) is 64.0 Å². The van der Waals surface area contributed by atoms with Gasteiger partial charge >= 0.3 is 0 Å². The van der Waals surface area contributed by atoms with Gasteiger partial charge in [0.1, 0.15) is 0 Å². The summed E-state index contributed by atoms with van der Waals surface area (Å²) in [5.74, 6) is 0. The summed E-state index contributed by atoms with van der Waals surface area (Å²) in [7, 11) is 4.65. The van der Waals surface area contributed by atoms with Gasteiger partial charge in [-0.05, 0) is 21.1 Å². The van der Waals surface area contributed by atoms with E-state index in [2.05, 4.69) is 35.0 Å². The molecule has 2 aromatic carbocycles. The monoisotopic (exact) mass is 1070 g/mol. The largest absolute Gasteiger partial charge is 0.421 e. The molecule has 1 N–H and O–H groups in total. The van der Waals surface area contributed by atoms with Crippen molar-refractivity contribution in [3.05, 3.63) is 85.6 Å². The van der Waals surface area contributed by atoms with Gasteiger partial charge in [-0.25, -0.2) is 0 Å². The van der Waals surface area contributed by atoms with Crippen molar-refractivity contribution in [1.29, 1.82) is 0 Å². The van der Waals surface area contributed by atoms with Crippen LogP contribution >= 0.6 is 18.8 Å². The zero-order valence-electron chi connectivity index (χ0n) is 16.1. The van der Waals surface area contributed by atoms with Gasteiger partial charge in [0.05, 0.1) is 6.29 Å². The van der Waals surface area contributed by atoms with Gasteiger partial charge in [0.25, 0.3) is 5.69 Å². The van der Waals surface area contributed by atoms with Crippen LogP contribution in [0.25, 0.3) is 10.9 Å². The summed E-state index contributed by atoms with van der Waals surface area (Å²) in [6.45, 7) is 0. The number of hydrogen-bond acceptors (Lipinski definition) is 4. The van der Waals surface area contributed by atoms with Crippen LogP contribution < -0.4 is 10.8 Å². The van der Waals surface area contributed by atoms with Gasteiger partial charge < -0.3 is 33.9 Å². The Morgan fingerprint density at radius 2 is 1.54 bits per heavy atom. The summed E-state index contributed by atoms with van der Waals surface area (Å²) in [6.07, 6.45) is 4.48. The Balaban J connectivity index is -0.000000105. The summed E-state index contributed by atoms with van der Waals surface area (Å²) < 4.78 is 1.42. The molecule has 0 aliphatic heterocycles. The summed E-state index contributed by atoms with van der Waals surface area (Å²) in [5, 5.41) is 3.64. The third-order valence-corrected chi connectivity index (χ3v) is 3.64. The second-order valence-electron chi connectivity index (χ2n) is 4.19. The minimum absolute atomic E-state index is 0. The van der Waals surface area contributed by atoms with E-state index in [4.69, 9.17) is 0 Å². The molecule has 138 valence electrons. The molecule has 0 fully saturated rings. The second-order valence-corrected chi connectivity index (χ2v) is 4.99. The first-order chi connectivity index (χ1) is 10.7. The first-order valence-corrected chi connectivity index (χ1v) is 7.35. The van der Waals surface area contributed by atoms with Gasteiger partial charge in [-0.3, -0.25) is 4.98 Å². The number of benzene rings is 2. The number of rotatable bonds is 2. The standard InChI is InChI=1S/C8H6N2OP.C7H7NOP.2CH3.2Rf.2Y/c11-8-9-5-6-3-1-2-4-7(6)10(8)12;9-5-6-3-1-2-4-7(6)8-10;;;;;;/h1-4H,12H2;1-4,8H,10H2;2*1H3;;;;/q4*-1;;;;. The fourth-order valence-corrected chi connectivity index (χ4v) is 2.28. The van der Waals surface area contributed by atoms with E-state index in [1.165, 1.54) is 4.34 Å². The van der Waals surface area contributed by atoms with E-state index < -0.39 is 0 Å². The molecule has 11 heteroatoms. The minimum Gasteiger partial charge on any atom is -0.421 e. The molecular formula is C17H19N3O2P2Rf2Y2-4. The molecule has 1 aromatic heterocycles. The first-order valence-electron chi connectivity index (χ1n) is 6.25. The van der Waals surface area contributed by atoms with Gasteiger partial charge in [-0.15, -0.1) is 29.1 Å². The number of nitrogens with zero attached hydrogens (tertiary/aromatic N) is 2. The molecular weight excluding hydrogens is 1050 g/mol. The Morgan fingerprint density at radius 1 is 1.00 bits per heavy atom. The van der Waals surface area contributed by atoms with Crippen LogP contribution in [-0.4, -0.2) is 15.6 Å². The third-order valence-electron chi connectivity index (χ3n) is 2.83. The zero-order chi connectivity index (χ0) is 15.9. The molecule has 0 aliphatic rings. The van der Waals surface area contributed by atoms with Crippen LogP contribution in [0.5, 0.6) is 0 Å². The van der Waals surface area contributed by atoms with Gasteiger partial charge in [-0.1, -0.05) is 39.3 Å². The molecule has 1 heterocycles.